The fraction of sp³-hybridized carbons (Fsp3) is 0.100. The molecular formula is C30H24ClNO4. The number of nitrogens with zero attached hydrogens (tertiary/aromatic N) is 1. The highest BCUT2D eigenvalue weighted by atomic mass is 35.5. The molecule has 4 aromatic carbocycles. The highest BCUT2D eigenvalue weighted by molar-refractivity contribution is 6.31. The smallest absolute Gasteiger partial charge is 0.340 e. The molecule has 0 aliphatic carbocycles. The predicted molar refractivity (Wildman–Crippen MR) is 143 cm³/mol. The molecule has 0 aromatic heterocycles. The normalized spacial score (nSPS) is 10.2. The van der Waals surface area contributed by atoms with Crippen LogP contribution in [0.15, 0.2) is 102 Å². The van der Waals surface area contributed by atoms with Crippen LogP contribution in [0.4, 0.5) is 5.69 Å². The lowest BCUT2D eigenvalue weighted by atomic mass is 9.99. The van der Waals surface area contributed by atoms with E-state index in [1.165, 1.54) is 0 Å². The molecule has 0 aliphatic heterocycles. The number of aliphatic imine (C=N–C) groups is 1. The second-order valence-corrected chi connectivity index (χ2v) is 8.19. The van der Waals surface area contributed by atoms with Crippen molar-refractivity contribution in [1.82, 2.24) is 0 Å². The van der Waals surface area contributed by atoms with Crippen molar-refractivity contribution in [2.24, 2.45) is 4.99 Å². The van der Waals surface area contributed by atoms with Gasteiger partial charge in [0.05, 0.1) is 31.0 Å². The number of hydrogen-bond donors (Lipinski definition) is 0. The van der Waals surface area contributed by atoms with E-state index in [-0.39, 0.29) is 12.2 Å². The molecule has 0 aliphatic rings. The summed E-state index contributed by atoms with van der Waals surface area (Å²) in [7, 11) is 3.12. The zero-order valence-electron chi connectivity index (χ0n) is 19.9. The highest BCUT2D eigenvalue weighted by Crippen LogP contribution is 2.29. The topological polar surface area (TPSA) is 57.1 Å². The van der Waals surface area contributed by atoms with E-state index in [4.69, 9.17) is 25.8 Å². The number of ether oxygens (including phenoxy) is 3. The first kappa shape index (κ1) is 24.8. The molecule has 0 saturated heterocycles. The third kappa shape index (κ3) is 6.02. The average Bonchev–Trinajstić information content (AvgIpc) is 2.93. The lowest BCUT2D eigenvalue weighted by molar-refractivity contribution is 0.0473. The Morgan fingerprint density at radius 3 is 2.06 bits per heavy atom. The molecule has 5 nitrogen and oxygen atoms in total. The number of carbonyl (C=O) groups is 1. The SMILES string of the molecule is COc1ccc(COC(=O)c2cc(Cl)ccc2N=C=C(c2ccccc2)c2ccccc2)cc1OC. The maximum Gasteiger partial charge on any atom is 0.340 e. The lowest BCUT2D eigenvalue weighted by Crippen LogP contribution is -2.06. The Bertz CT molecular complexity index is 1370. The van der Waals surface area contributed by atoms with Crippen molar-refractivity contribution < 1.29 is 19.0 Å². The van der Waals surface area contributed by atoms with E-state index in [0.717, 1.165) is 22.3 Å². The molecule has 0 saturated carbocycles. The van der Waals surface area contributed by atoms with Crippen molar-refractivity contribution in [3.63, 3.8) is 0 Å². The molecule has 0 atom stereocenters. The van der Waals surface area contributed by atoms with E-state index in [1.54, 1.807) is 50.6 Å². The Morgan fingerprint density at radius 1 is 0.806 bits per heavy atom. The summed E-state index contributed by atoms with van der Waals surface area (Å²) in [6.45, 7) is 0.0456. The average molecular weight is 498 g/mol. The largest absolute Gasteiger partial charge is 0.493 e. The summed E-state index contributed by atoms with van der Waals surface area (Å²) in [6, 6.07) is 29.9. The molecule has 4 aromatic rings. The van der Waals surface area contributed by atoms with Gasteiger partial charge in [0.2, 0.25) is 0 Å². The maximum absolute atomic E-state index is 13.0. The van der Waals surface area contributed by atoms with Crippen LogP contribution in [0.25, 0.3) is 5.57 Å². The summed E-state index contributed by atoms with van der Waals surface area (Å²) < 4.78 is 16.1. The summed E-state index contributed by atoms with van der Waals surface area (Å²) in [6.07, 6.45) is 0. The maximum atomic E-state index is 13.0. The number of hydrogen-bond acceptors (Lipinski definition) is 5. The van der Waals surface area contributed by atoms with Gasteiger partial charge in [-0.3, -0.25) is 0 Å². The third-order valence-electron chi connectivity index (χ3n) is 5.41. The Kier molecular flexibility index (Phi) is 8.20. The van der Waals surface area contributed by atoms with Crippen molar-refractivity contribution in [1.29, 1.82) is 0 Å². The fourth-order valence-corrected chi connectivity index (χ4v) is 3.76. The quantitative estimate of drug-likeness (QED) is 0.191. The molecule has 180 valence electrons. The van der Waals surface area contributed by atoms with Crippen LogP contribution in [-0.4, -0.2) is 26.1 Å². The van der Waals surface area contributed by atoms with Gasteiger partial charge in [0.1, 0.15) is 6.61 Å². The van der Waals surface area contributed by atoms with Gasteiger partial charge in [-0.05, 0) is 52.9 Å². The van der Waals surface area contributed by atoms with Gasteiger partial charge in [-0.1, -0.05) is 78.3 Å². The van der Waals surface area contributed by atoms with E-state index in [9.17, 15) is 4.79 Å². The molecule has 6 heteroatoms. The van der Waals surface area contributed by atoms with Crippen LogP contribution < -0.4 is 9.47 Å². The van der Waals surface area contributed by atoms with E-state index in [1.807, 2.05) is 60.7 Å². The lowest BCUT2D eigenvalue weighted by Gasteiger charge is -2.11. The Hall–Kier alpha value is -4.31. The van der Waals surface area contributed by atoms with Gasteiger partial charge < -0.3 is 14.2 Å². The predicted octanol–water partition coefficient (Wildman–Crippen LogP) is 7.15. The van der Waals surface area contributed by atoms with Crippen molar-refractivity contribution in [2.75, 3.05) is 14.2 Å². The summed E-state index contributed by atoms with van der Waals surface area (Å²) in [5.74, 6) is 3.75. The van der Waals surface area contributed by atoms with E-state index in [2.05, 4.69) is 10.9 Å². The molecule has 36 heavy (non-hydrogen) atoms. The second-order valence-electron chi connectivity index (χ2n) is 7.76. The van der Waals surface area contributed by atoms with Gasteiger partial charge in [-0.25, -0.2) is 9.79 Å². The van der Waals surface area contributed by atoms with Gasteiger partial charge >= 0.3 is 5.97 Å². The first-order valence-corrected chi connectivity index (χ1v) is 11.6. The van der Waals surface area contributed by atoms with E-state index < -0.39 is 5.97 Å². The Balaban J connectivity index is 1.65. The Labute approximate surface area is 215 Å². The molecule has 0 N–H and O–H groups in total. The minimum Gasteiger partial charge on any atom is -0.493 e. The first-order valence-electron chi connectivity index (χ1n) is 11.2. The zero-order chi connectivity index (χ0) is 25.3. The molecule has 0 amide bonds. The summed E-state index contributed by atoms with van der Waals surface area (Å²) in [5, 5.41) is 0.405. The standard InChI is InChI=1S/C30H24ClNO4/c1-34-28-16-13-21(17-29(28)35-2)20-36-30(33)25-18-24(31)14-15-27(25)32-19-26(22-9-5-3-6-10-22)23-11-7-4-8-12-23/h3-18H,20H2,1-2H3. The van der Waals surface area contributed by atoms with E-state index >= 15 is 0 Å². The van der Waals surface area contributed by atoms with E-state index in [0.29, 0.717) is 22.2 Å². The van der Waals surface area contributed by atoms with Gasteiger partial charge in [-0.15, -0.1) is 0 Å². The van der Waals surface area contributed by atoms with Crippen LogP contribution in [0.3, 0.4) is 0 Å². The van der Waals surface area contributed by atoms with Crippen LogP contribution in [0.5, 0.6) is 11.5 Å². The summed E-state index contributed by atoms with van der Waals surface area (Å²) >= 11 is 6.20. The number of rotatable bonds is 8. The van der Waals surface area contributed by atoms with Crippen molar-refractivity contribution in [3.8, 4) is 11.5 Å². The number of carbonyl (C=O) groups excluding carboxylic acids is 1. The monoisotopic (exact) mass is 497 g/mol. The summed E-state index contributed by atoms with van der Waals surface area (Å²) in [5.41, 5.74) is 4.12. The molecule has 0 fully saturated rings. The minimum atomic E-state index is -0.547. The van der Waals surface area contributed by atoms with Crippen LogP contribution >= 0.6 is 11.6 Å². The number of esters is 1. The molecule has 0 bridgehead atoms. The zero-order valence-corrected chi connectivity index (χ0v) is 20.7. The molecule has 0 unspecified atom stereocenters. The van der Waals surface area contributed by atoms with Crippen LogP contribution in [-0.2, 0) is 11.3 Å². The molecular weight excluding hydrogens is 474 g/mol. The van der Waals surface area contributed by atoms with Crippen molar-refractivity contribution in [2.45, 2.75) is 6.61 Å². The number of methoxy groups -OCH3 is 2. The highest BCUT2D eigenvalue weighted by Gasteiger charge is 2.15. The molecule has 0 radical (unpaired) electrons. The van der Waals surface area contributed by atoms with Gasteiger partial charge in [0, 0.05) is 5.02 Å². The summed E-state index contributed by atoms with van der Waals surface area (Å²) in [4.78, 5) is 17.6. The fourth-order valence-electron chi connectivity index (χ4n) is 3.59. The van der Waals surface area contributed by atoms with Crippen molar-refractivity contribution >= 4 is 34.7 Å². The van der Waals surface area contributed by atoms with Crippen LogP contribution in [0, 0.1) is 0 Å². The Morgan fingerprint density at radius 2 is 1.44 bits per heavy atom. The van der Waals surface area contributed by atoms with Gasteiger partial charge in [0.25, 0.3) is 0 Å². The molecule has 0 heterocycles. The molecule has 4 rings (SSSR count). The number of halogens is 1. The first-order chi connectivity index (χ1) is 17.6. The van der Waals surface area contributed by atoms with Crippen LogP contribution in [0.1, 0.15) is 27.0 Å². The second kappa shape index (κ2) is 11.9. The van der Waals surface area contributed by atoms with Crippen LogP contribution in [0.2, 0.25) is 5.02 Å². The number of benzene rings is 4. The third-order valence-corrected chi connectivity index (χ3v) is 5.64. The van der Waals surface area contributed by atoms with Crippen molar-refractivity contribution in [3.05, 3.63) is 124 Å². The molecule has 0 spiro atoms. The van der Waals surface area contributed by atoms with Gasteiger partial charge in [-0.2, -0.15) is 0 Å². The minimum absolute atomic E-state index is 0.0456. The van der Waals surface area contributed by atoms with Gasteiger partial charge in [0.15, 0.2) is 11.5 Å².